The van der Waals surface area contributed by atoms with E-state index in [0.717, 1.165) is 19.4 Å². The molecule has 3 heterocycles. The highest BCUT2D eigenvalue weighted by atomic mass is 16.5. The number of nitrogens with one attached hydrogen (secondary N) is 2. The van der Waals surface area contributed by atoms with Crippen molar-refractivity contribution < 1.29 is 4.74 Å². The van der Waals surface area contributed by atoms with Crippen molar-refractivity contribution in [2.45, 2.75) is 25.4 Å². The zero-order valence-corrected chi connectivity index (χ0v) is 12.1. The van der Waals surface area contributed by atoms with Crippen LogP contribution in [0.5, 0.6) is 0 Å². The zero-order valence-electron chi connectivity index (χ0n) is 12.1. The van der Waals surface area contributed by atoms with Crippen LogP contribution in [0.25, 0.3) is 5.95 Å². The molecule has 9 heteroatoms. The first-order valence-corrected chi connectivity index (χ1v) is 6.85. The highest BCUT2D eigenvalue weighted by Gasteiger charge is 2.29. The molecule has 0 radical (unpaired) electrons. The Kier molecular flexibility index (Phi) is 3.65. The minimum absolute atomic E-state index is 0.167. The van der Waals surface area contributed by atoms with E-state index >= 15 is 0 Å². The van der Waals surface area contributed by atoms with Crippen LogP contribution in [0.3, 0.4) is 0 Å². The van der Waals surface area contributed by atoms with E-state index in [4.69, 9.17) is 4.74 Å². The second-order valence-corrected chi connectivity index (χ2v) is 5.13. The topological polar surface area (TPSA) is 103 Å². The number of ether oxygens (including phenoxy) is 1. The van der Waals surface area contributed by atoms with Gasteiger partial charge in [-0.25, -0.2) is 4.98 Å². The van der Waals surface area contributed by atoms with Crippen LogP contribution in [-0.2, 0) is 4.74 Å². The third-order valence-electron chi connectivity index (χ3n) is 3.39. The van der Waals surface area contributed by atoms with E-state index in [1.807, 2.05) is 0 Å². The van der Waals surface area contributed by atoms with Crippen molar-refractivity contribution in [2.24, 2.45) is 0 Å². The molecule has 1 unspecified atom stereocenters. The molecule has 1 saturated heterocycles. The van der Waals surface area contributed by atoms with Gasteiger partial charge in [0, 0.05) is 20.2 Å². The summed E-state index contributed by atoms with van der Waals surface area (Å²) in [6.45, 7) is 3.55. The van der Waals surface area contributed by atoms with Gasteiger partial charge in [-0.3, -0.25) is 0 Å². The molecule has 9 nitrogen and oxygen atoms in total. The summed E-state index contributed by atoms with van der Waals surface area (Å²) in [4.78, 5) is 16.8. The Labute approximate surface area is 122 Å². The van der Waals surface area contributed by atoms with E-state index in [9.17, 15) is 0 Å². The maximum atomic E-state index is 5.74. The normalized spacial score (nSPS) is 21.4. The minimum Gasteiger partial charge on any atom is -0.373 e. The molecule has 2 aromatic heterocycles. The maximum Gasteiger partial charge on any atom is 0.258 e. The summed E-state index contributed by atoms with van der Waals surface area (Å²) in [6.07, 6.45) is 5.09. The Balaban J connectivity index is 1.79. The first-order valence-electron chi connectivity index (χ1n) is 6.85. The van der Waals surface area contributed by atoms with Crippen LogP contribution in [0.1, 0.15) is 19.8 Å². The van der Waals surface area contributed by atoms with Gasteiger partial charge in [0.05, 0.1) is 5.60 Å². The summed E-state index contributed by atoms with van der Waals surface area (Å²) < 4.78 is 7.23. The van der Waals surface area contributed by atoms with Gasteiger partial charge in [-0.15, -0.1) is 0 Å². The van der Waals surface area contributed by atoms with E-state index < -0.39 is 0 Å². The van der Waals surface area contributed by atoms with Crippen LogP contribution in [-0.4, -0.2) is 55.5 Å². The molecule has 0 aromatic carbocycles. The summed E-state index contributed by atoms with van der Waals surface area (Å²) in [5.41, 5.74) is -0.167. The SMILES string of the molecule is CNc1nc(NCC2(C)CCCO2)nc(-n2cncn2)n1. The predicted octanol–water partition coefficient (Wildman–Crippen LogP) is 0.475. The molecule has 1 aliphatic heterocycles. The average molecular weight is 290 g/mol. The smallest absolute Gasteiger partial charge is 0.258 e. The number of hydrogen-bond donors (Lipinski definition) is 2. The van der Waals surface area contributed by atoms with Crippen LogP contribution < -0.4 is 10.6 Å². The Morgan fingerprint density at radius 3 is 2.86 bits per heavy atom. The zero-order chi connectivity index (χ0) is 14.7. The van der Waals surface area contributed by atoms with Crippen molar-refractivity contribution in [3.8, 4) is 5.95 Å². The van der Waals surface area contributed by atoms with Gasteiger partial charge in [-0.2, -0.15) is 24.7 Å². The number of anilines is 2. The fraction of sp³-hybridized carbons (Fsp3) is 0.583. The molecule has 0 spiro atoms. The molecular weight excluding hydrogens is 272 g/mol. The van der Waals surface area contributed by atoms with Crippen molar-refractivity contribution in [3.63, 3.8) is 0 Å². The molecule has 1 aliphatic rings. The lowest BCUT2D eigenvalue weighted by Crippen LogP contribution is -2.33. The first-order chi connectivity index (χ1) is 10.2. The largest absolute Gasteiger partial charge is 0.373 e. The van der Waals surface area contributed by atoms with E-state index in [2.05, 4.69) is 42.6 Å². The standard InChI is InChI=1S/C12H18N8O/c1-12(4-3-5-21-12)6-15-10-17-9(13-2)18-11(19-10)20-8-14-7-16-20/h7-8H,3-6H2,1-2H3,(H2,13,15,17,18,19). The molecule has 0 bridgehead atoms. The van der Waals surface area contributed by atoms with Gasteiger partial charge in [0.1, 0.15) is 12.7 Å². The fourth-order valence-electron chi connectivity index (χ4n) is 2.21. The van der Waals surface area contributed by atoms with Gasteiger partial charge >= 0.3 is 0 Å². The van der Waals surface area contributed by atoms with Crippen LogP contribution >= 0.6 is 0 Å². The Bertz CT molecular complexity index is 593. The van der Waals surface area contributed by atoms with Gasteiger partial charge in [0.2, 0.25) is 11.9 Å². The van der Waals surface area contributed by atoms with Crippen molar-refractivity contribution >= 4 is 11.9 Å². The maximum absolute atomic E-state index is 5.74. The van der Waals surface area contributed by atoms with Crippen molar-refractivity contribution in [2.75, 3.05) is 30.8 Å². The Morgan fingerprint density at radius 2 is 2.19 bits per heavy atom. The third-order valence-corrected chi connectivity index (χ3v) is 3.39. The second kappa shape index (κ2) is 5.60. The Morgan fingerprint density at radius 1 is 1.33 bits per heavy atom. The monoisotopic (exact) mass is 290 g/mol. The van der Waals surface area contributed by atoms with Gasteiger partial charge in [0.15, 0.2) is 0 Å². The summed E-state index contributed by atoms with van der Waals surface area (Å²) in [5.74, 6) is 1.36. The molecule has 21 heavy (non-hydrogen) atoms. The number of aromatic nitrogens is 6. The summed E-state index contributed by atoms with van der Waals surface area (Å²) in [6, 6.07) is 0. The molecule has 1 fully saturated rings. The molecule has 1 atom stereocenters. The number of hydrogen-bond acceptors (Lipinski definition) is 8. The minimum atomic E-state index is -0.167. The highest BCUT2D eigenvalue weighted by Crippen LogP contribution is 2.25. The Hall–Kier alpha value is -2.29. The van der Waals surface area contributed by atoms with Crippen molar-refractivity contribution in [1.82, 2.24) is 29.7 Å². The summed E-state index contributed by atoms with van der Waals surface area (Å²) >= 11 is 0. The number of rotatable bonds is 5. The van der Waals surface area contributed by atoms with Gasteiger partial charge in [0.25, 0.3) is 5.95 Å². The predicted molar refractivity (Wildman–Crippen MR) is 76.4 cm³/mol. The second-order valence-electron chi connectivity index (χ2n) is 5.13. The lowest BCUT2D eigenvalue weighted by atomic mass is 10.0. The molecule has 3 rings (SSSR count). The molecule has 0 aliphatic carbocycles. The highest BCUT2D eigenvalue weighted by molar-refractivity contribution is 5.37. The summed E-state index contributed by atoms with van der Waals surface area (Å²) in [7, 11) is 1.76. The molecule has 0 amide bonds. The molecule has 0 saturated carbocycles. The van der Waals surface area contributed by atoms with Gasteiger partial charge < -0.3 is 15.4 Å². The van der Waals surface area contributed by atoms with E-state index in [-0.39, 0.29) is 5.60 Å². The van der Waals surface area contributed by atoms with Gasteiger partial charge in [-0.05, 0) is 19.8 Å². The van der Waals surface area contributed by atoms with E-state index in [0.29, 0.717) is 24.4 Å². The van der Waals surface area contributed by atoms with Crippen LogP contribution in [0.4, 0.5) is 11.9 Å². The quantitative estimate of drug-likeness (QED) is 0.819. The average Bonchev–Trinajstić information content (AvgIpc) is 3.17. The van der Waals surface area contributed by atoms with Crippen molar-refractivity contribution in [3.05, 3.63) is 12.7 Å². The lowest BCUT2D eigenvalue weighted by Gasteiger charge is -2.23. The molecule has 112 valence electrons. The van der Waals surface area contributed by atoms with Crippen LogP contribution in [0.2, 0.25) is 0 Å². The number of nitrogens with zero attached hydrogens (tertiary/aromatic N) is 6. The molecule has 2 aromatic rings. The molecular formula is C12H18N8O. The first kappa shape index (κ1) is 13.7. The fourth-order valence-corrected chi connectivity index (χ4v) is 2.21. The van der Waals surface area contributed by atoms with Gasteiger partial charge in [-0.1, -0.05) is 0 Å². The third kappa shape index (κ3) is 3.07. The molecule has 2 N–H and O–H groups in total. The summed E-state index contributed by atoms with van der Waals surface area (Å²) in [5, 5.41) is 10.2. The van der Waals surface area contributed by atoms with Crippen LogP contribution in [0, 0.1) is 0 Å². The van der Waals surface area contributed by atoms with E-state index in [1.54, 1.807) is 13.4 Å². The lowest BCUT2D eigenvalue weighted by molar-refractivity contribution is 0.0314. The van der Waals surface area contributed by atoms with E-state index in [1.165, 1.54) is 11.0 Å². The van der Waals surface area contributed by atoms with Crippen molar-refractivity contribution in [1.29, 1.82) is 0 Å². The van der Waals surface area contributed by atoms with Crippen LogP contribution in [0.15, 0.2) is 12.7 Å².